The van der Waals surface area contributed by atoms with E-state index >= 15 is 0 Å². The van der Waals surface area contributed by atoms with Crippen LogP contribution in [0, 0.1) is 0 Å². The molecule has 1 aromatic heterocycles. The Morgan fingerprint density at radius 3 is 2.55 bits per heavy atom. The third-order valence-corrected chi connectivity index (χ3v) is 3.61. The first-order valence-electron chi connectivity index (χ1n) is 6.39. The minimum atomic E-state index is -0.782. The van der Waals surface area contributed by atoms with Crippen LogP contribution < -0.4 is 5.32 Å². The Labute approximate surface area is 136 Å². The maximum atomic E-state index is 11.7. The summed E-state index contributed by atoms with van der Waals surface area (Å²) in [5, 5.41) is 22.4. The number of nitrogens with one attached hydrogen (secondary N) is 1. The predicted octanol–water partition coefficient (Wildman–Crippen LogP) is 2.34. The van der Waals surface area contributed by atoms with Crippen molar-refractivity contribution in [3.63, 3.8) is 0 Å². The molecule has 22 heavy (non-hydrogen) atoms. The van der Waals surface area contributed by atoms with Crippen LogP contribution in [0.1, 0.15) is 28.7 Å². The van der Waals surface area contributed by atoms with Crippen LogP contribution in [-0.4, -0.2) is 32.6 Å². The predicted molar refractivity (Wildman–Crippen MR) is 82.1 cm³/mol. The van der Waals surface area contributed by atoms with Crippen LogP contribution in [0.3, 0.4) is 0 Å². The van der Waals surface area contributed by atoms with Crippen LogP contribution in [0.25, 0.3) is 0 Å². The summed E-state index contributed by atoms with van der Waals surface area (Å²) in [7, 11) is 0. The fourth-order valence-corrected chi connectivity index (χ4v) is 2.03. The summed E-state index contributed by atoms with van der Waals surface area (Å²) < 4.78 is 0. The van der Waals surface area contributed by atoms with Gasteiger partial charge in [0.15, 0.2) is 5.75 Å². The fraction of sp³-hybridized carbons (Fsp3) is 0.214. The molecule has 116 valence electrons. The van der Waals surface area contributed by atoms with Gasteiger partial charge in [0.2, 0.25) is 5.82 Å². The summed E-state index contributed by atoms with van der Waals surface area (Å²) in [6.07, 6.45) is 1.77. The van der Waals surface area contributed by atoms with Gasteiger partial charge in [-0.2, -0.15) is 0 Å². The van der Waals surface area contributed by atoms with E-state index in [2.05, 4.69) is 15.3 Å². The van der Waals surface area contributed by atoms with Gasteiger partial charge < -0.3 is 15.5 Å². The summed E-state index contributed by atoms with van der Waals surface area (Å²) in [5.74, 6) is -0.658. The Morgan fingerprint density at radius 1 is 1.23 bits per heavy atom. The number of aromatic nitrogens is 2. The first kappa shape index (κ1) is 16.5. The van der Waals surface area contributed by atoms with Crippen molar-refractivity contribution in [1.29, 1.82) is 0 Å². The Hall–Kier alpha value is -1.89. The first-order valence-corrected chi connectivity index (χ1v) is 7.15. The van der Waals surface area contributed by atoms with Gasteiger partial charge in [-0.25, -0.2) is 9.97 Å². The van der Waals surface area contributed by atoms with Crippen molar-refractivity contribution in [1.82, 2.24) is 15.3 Å². The van der Waals surface area contributed by atoms with Crippen LogP contribution in [0.15, 0.2) is 30.6 Å². The molecule has 0 radical (unpaired) electrons. The maximum absolute atomic E-state index is 11.7. The highest BCUT2D eigenvalue weighted by Gasteiger charge is 2.12. The third-order valence-electron chi connectivity index (χ3n) is 2.87. The summed E-state index contributed by atoms with van der Waals surface area (Å²) in [6, 6.07) is 4.86. The van der Waals surface area contributed by atoms with Crippen molar-refractivity contribution in [3.05, 3.63) is 52.0 Å². The van der Waals surface area contributed by atoms with Crippen molar-refractivity contribution in [2.24, 2.45) is 0 Å². The number of carbonyl (C=O) groups excluding carboxylic acids is 1. The first-order chi connectivity index (χ1) is 10.5. The molecule has 0 bridgehead atoms. The average molecular weight is 342 g/mol. The number of nitrogens with zero attached hydrogens (tertiary/aromatic N) is 2. The topological polar surface area (TPSA) is 95.3 Å². The molecule has 0 spiro atoms. The van der Waals surface area contributed by atoms with Gasteiger partial charge in [0.05, 0.1) is 28.5 Å². The van der Waals surface area contributed by atoms with E-state index in [0.717, 1.165) is 12.4 Å². The van der Waals surface area contributed by atoms with E-state index in [1.807, 2.05) is 0 Å². The SMILES string of the molecule is O=C(NCCC(O)c1ccc(Cl)c(Cl)c1)c1ncc(O)cn1. The molecule has 1 unspecified atom stereocenters. The normalized spacial score (nSPS) is 12.0. The zero-order valence-electron chi connectivity index (χ0n) is 11.3. The number of hydrogen-bond acceptors (Lipinski definition) is 5. The van der Waals surface area contributed by atoms with Crippen LogP contribution in [0.2, 0.25) is 10.0 Å². The number of aromatic hydroxyl groups is 1. The van der Waals surface area contributed by atoms with Gasteiger partial charge in [0, 0.05) is 6.54 Å². The highest BCUT2D eigenvalue weighted by molar-refractivity contribution is 6.42. The number of carbonyl (C=O) groups is 1. The third kappa shape index (κ3) is 4.30. The number of amides is 1. The minimum absolute atomic E-state index is 0.0539. The molecule has 0 fully saturated rings. The highest BCUT2D eigenvalue weighted by atomic mass is 35.5. The number of benzene rings is 1. The molecule has 0 saturated carbocycles. The molecule has 1 amide bonds. The van der Waals surface area contributed by atoms with Crippen LogP contribution in [0.4, 0.5) is 0 Å². The molecule has 8 heteroatoms. The minimum Gasteiger partial charge on any atom is -0.505 e. The van der Waals surface area contributed by atoms with E-state index < -0.39 is 12.0 Å². The smallest absolute Gasteiger partial charge is 0.289 e. The van der Waals surface area contributed by atoms with E-state index in [0.29, 0.717) is 22.0 Å². The van der Waals surface area contributed by atoms with E-state index in [1.165, 1.54) is 0 Å². The Kier molecular flexibility index (Phi) is 5.54. The lowest BCUT2D eigenvalue weighted by Crippen LogP contribution is -2.27. The molecule has 2 aromatic rings. The Morgan fingerprint density at radius 2 is 1.91 bits per heavy atom. The second kappa shape index (κ2) is 7.40. The summed E-state index contributed by atoms with van der Waals surface area (Å²) >= 11 is 11.7. The standard InChI is InChI=1S/C14H13Cl2N3O3/c15-10-2-1-8(5-11(10)16)12(21)3-4-17-14(22)13-18-6-9(20)7-19-13/h1-2,5-7,12,20-21H,3-4H2,(H,17,22). The van der Waals surface area contributed by atoms with Crippen molar-refractivity contribution in [3.8, 4) is 5.75 Å². The molecular formula is C14H13Cl2N3O3. The van der Waals surface area contributed by atoms with E-state index in [-0.39, 0.29) is 18.1 Å². The Balaban J connectivity index is 1.86. The molecule has 0 aliphatic rings. The summed E-state index contributed by atoms with van der Waals surface area (Å²) in [6.45, 7) is 0.227. The van der Waals surface area contributed by atoms with Gasteiger partial charge in [-0.1, -0.05) is 29.3 Å². The molecule has 2 rings (SSSR count). The maximum Gasteiger partial charge on any atom is 0.289 e. The monoisotopic (exact) mass is 341 g/mol. The molecule has 1 atom stereocenters. The number of aliphatic hydroxyl groups excluding tert-OH is 1. The highest BCUT2D eigenvalue weighted by Crippen LogP contribution is 2.26. The average Bonchev–Trinajstić information content (AvgIpc) is 2.50. The lowest BCUT2D eigenvalue weighted by molar-refractivity contribution is 0.0932. The van der Waals surface area contributed by atoms with Crippen molar-refractivity contribution < 1.29 is 15.0 Å². The summed E-state index contributed by atoms with van der Waals surface area (Å²) in [4.78, 5) is 19.1. The molecule has 0 aliphatic heterocycles. The van der Waals surface area contributed by atoms with Gasteiger partial charge in [-0.05, 0) is 24.1 Å². The van der Waals surface area contributed by atoms with E-state index in [1.54, 1.807) is 18.2 Å². The van der Waals surface area contributed by atoms with Gasteiger partial charge in [-0.15, -0.1) is 0 Å². The Bertz CT molecular complexity index is 665. The number of aliphatic hydroxyl groups is 1. The molecule has 6 nitrogen and oxygen atoms in total. The number of halogens is 2. The molecule has 1 heterocycles. The van der Waals surface area contributed by atoms with Crippen molar-refractivity contribution >= 4 is 29.1 Å². The van der Waals surface area contributed by atoms with E-state index in [9.17, 15) is 9.90 Å². The quantitative estimate of drug-likeness (QED) is 0.775. The van der Waals surface area contributed by atoms with Crippen molar-refractivity contribution in [2.75, 3.05) is 6.54 Å². The van der Waals surface area contributed by atoms with Gasteiger partial charge in [0.1, 0.15) is 0 Å². The molecule has 0 aliphatic carbocycles. The largest absolute Gasteiger partial charge is 0.505 e. The zero-order chi connectivity index (χ0) is 16.1. The van der Waals surface area contributed by atoms with Crippen LogP contribution in [-0.2, 0) is 0 Å². The lowest BCUT2D eigenvalue weighted by atomic mass is 10.1. The molecular weight excluding hydrogens is 329 g/mol. The number of rotatable bonds is 5. The molecule has 1 aromatic carbocycles. The van der Waals surface area contributed by atoms with Crippen LogP contribution in [0.5, 0.6) is 5.75 Å². The summed E-state index contributed by atoms with van der Waals surface area (Å²) in [5.41, 5.74) is 0.615. The van der Waals surface area contributed by atoms with Crippen LogP contribution >= 0.6 is 23.2 Å². The number of hydrogen-bond donors (Lipinski definition) is 3. The van der Waals surface area contributed by atoms with E-state index in [4.69, 9.17) is 28.3 Å². The fourth-order valence-electron chi connectivity index (χ4n) is 1.73. The molecule has 0 saturated heterocycles. The van der Waals surface area contributed by atoms with Gasteiger partial charge >= 0.3 is 0 Å². The lowest BCUT2D eigenvalue weighted by Gasteiger charge is -2.12. The molecule has 3 N–H and O–H groups in total. The second-order valence-corrected chi connectivity index (χ2v) is 5.31. The van der Waals surface area contributed by atoms with Crippen molar-refractivity contribution in [2.45, 2.75) is 12.5 Å². The zero-order valence-corrected chi connectivity index (χ0v) is 12.8. The second-order valence-electron chi connectivity index (χ2n) is 4.50. The van der Waals surface area contributed by atoms with Gasteiger partial charge in [0.25, 0.3) is 5.91 Å². The van der Waals surface area contributed by atoms with Gasteiger partial charge in [-0.3, -0.25) is 4.79 Å².